The first-order valence-electron chi connectivity index (χ1n) is 6.17. The van der Waals surface area contributed by atoms with Crippen LogP contribution in [0.4, 0.5) is 0 Å². The van der Waals surface area contributed by atoms with Crippen LogP contribution in [0.25, 0.3) is 0 Å². The van der Waals surface area contributed by atoms with Crippen molar-refractivity contribution in [3.63, 3.8) is 0 Å². The summed E-state index contributed by atoms with van der Waals surface area (Å²) >= 11 is 0. The van der Waals surface area contributed by atoms with E-state index in [2.05, 4.69) is 12.2 Å². The normalized spacial score (nSPS) is 26.3. The highest BCUT2D eigenvalue weighted by atomic mass is 32.2. The Morgan fingerprint density at radius 2 is 2.33 bits per heavy atom. The Bertz CT molecular complexity index is 470. The van der Waals surface area contributed by atoms with Crippen molar-refractivity contribution in [2.45, 2.75) is 25.9 Å². The summed E-state index contributed by atoms with van der Waals surface area (Å²) in [6, 6.07) is 4.14. The van der Waals surface area contributed by atoms with E-state index in [4.69, 9.17) is 4.42 Å². The third-order valence-electron chi connectivity index (χ3n) is 3.46. The predicted octanol–water partition coefficient (Wildman–Crippen LogP) is 1.04. The summed E-state index contributed by atoms with van der Waals surface area (Å²) in [6.45, 7) is 3.96. The molecule has 0 radical (unpaired) electrons. The lowest BCUT2D eigenvalue weighted by Gasteiger charge is -2.35. The van der Waals surface area contributed by atoms with Gasteiger partial charge in [-0.05, 0) is 24.5 Å². The van der Waals surface area contributed by atoms with Gasteiger partial charge in [0.25, 0.3) is 0 Å². The molecule has 0 spiro atoms. The molecule has 1 N–H and O–H groups in total. The fraction of sp³-hybridized carbons (Fsp3) is 0.667. The molecule has 1 aromatic heterocycles. The summed E-state index contributed by atoms with van der Waals surface area (Å²) in [6.07, 6.45) is 3.78. The maximum Gasteiger partial charge on any atom is 0.211 e. The van der Waals surface area contributed by atoms with Gasteiger partial charge in [-0.25, -0.2) is 12.7 Å². The predicted molar refractivity (Wildman–Crippen MR) is 69.5 cm³/mol. The Labute approximate surface area is 108 Å². The topological polar surface area (TPSA) is 62.6 Å². The van der Waals surface area contributed by atoms with E-state index < -0.39 is 10.0 Å². The maximum atomic E-state index is 11.5. The summed E-state index contributed by atoms with van der Waals surface area (Å²) in [5.41, 5.74) is 0. The molecule has 1 fully saturated rings. The van der Waals surface area contributed by atoms with Crippen LogP contribution >= 0.6 is 0 Å². The summed E-state index contributed by atoms with van der Waals surface area (Å²) in [5, 5.41) is 3.43. The molecule has 0 saturated carbocycles. The van der Waals surface area contributed by atoms with Crippen LogP contribution in [-0.4, -0.2) is 38.1 Å². The molecule has 6 heteroatoms. The molecule has 0 unspecified atom stereocenters. The number of nitrogens with zero attached hydrogens (tertiary/aromatic N) is 1. The zero-order valence-electron chi connectivity index (χ0n) is 10.8. The molecule has 0 aliphatic carbocycles. The number of furan rings is 1. The monoisotopic (exact) mass is 272 g/mol. The molecule has 0 bridgehead atoms. The van der Waals surface area contributed by atoms with Crippen LogP contribution in [0.3, 0.4) is 0 Å². The van der Waals surface area contributed by atoms with Crippen LogP contribution in [-0.2, 0) is 16.6 Å². The number of nitrogens with one attached hydrogen (secondary N) is 1. The Morgan fingerprint density at radius 1 is 1.56 bits per heavy atom. The Morgan fingerprint density at radius 3 is 2.89 bits per heavy atom. The molecule has 102 valence electrons. The van der Waals surface area contributed by atoms with Crippen LogP contribution in [0.1, 0.15) is 19.1 Å². The van der Waals surface area contributed by atoms with Crippen molar-refractivity contribution >= 4 is 10.0 Å². The second-order valence-electron chi connectivity index (χ2n) is 4.95. The Balaban J connectivity index is 1.86. The van der Waals surface area contributed by atoms with E-state index in [0.29, 0.717) is 31.6 Å². The van der Waals surface area contributed by atoms with Gasteiger partial charge >= 0.3 is 0 Å². The molecule has 1 aromatic rings. The van der Waals surface area contributed by atoms with Crippen LogP contribution in [0, 0.1) is 5.92 Å². The average molecular weight is 272 g/mol. The van der Waals surface area contributed by atoms with Crippen molar-refractivity contribution in [3.05, 3.63) is 24.2 Å². The van der Waals surface area contributed by atoms with Gasteiger partial charge in [0.05, 0.1) is 19.1 Å². The van der Waals surface area contributed by atoms with Crippen LogP contribution in [0.15, 0.2) is 22.8 Å². The molecule has 2 atom stereocenters. The standard InChI is InChI=1S/C12H20N2O3S/c1-10-9-14(18(2,15)16)6-5-12(10)13-8-11-4-3-7-17-11/h3-4,7,10,12-13H,5-6,8-9H2,1-2H3/t10-,12-/m1/s1. The largest absolute Gasteiger partial charge is 0.468 e. The van der Waals surface area contributed by atoms with Gasteiger partial charge in [-0.15, -0.1) is 0 Å². The molecule has 0 aromatic carbocycles. The van der Waals surface area contributed by atoms with E-state index >= 15 is 0 Å². The van der Waals surface area contributed by atoms with Crippen LogP contribution in [0.5, 0.6) is 0 Å². The molecule has 0 amide bonds. The molecule has 2 heterocycles. The van der Waals surface area contributed by atoms with Gasteiger partial charge in [0, 0.05) is 19.1 Å². The highest BCUT2D eigenvalue weighted by molar-refractivity contribution is 7.88. The summed E-state index contributed by atoms with van der Waals surface area (Å²) in [5.74, 6) is 1.22. The summed E-state index contributed by atoms with van der Waals surface area (Å²) in [7, 11) is -3.05. The van der Waals surface area contributed by atoms with Gasteiger partial charge in [-0.2, -0.15) is 0 Å². The maximum absolute atomic E-state index is 11.5. The van der Waals surface area contributed by atoms with Crippen molar-refractivity contribution < 1.29 is 12.8 Å². The van der Waals surface area contributed by atoms with E-state index in [9.17, 15) is 8.42 Å². The van der Waals surface area contributed by atoms with E-state index in [1.54, 1.807) is 10.6 Å². The van der Waals surface area contributed by atoms with Gasteiger partial charge in [0.1, 0.15) is 5.76 Å². The fourth-order valence-electron chi connectivity index (χ4n) is 2.36. The summed E-state index contributed by atoms with van der Waals surface area (Å²) in [4.78, 5) is 0. The molecule has 2 rings (SSSR count). The number of hydrogen-bond donors (Lipinski definition) is 1. The number of piperidine rings is 1. The molecule has 1 saturated heterocycles. The smallest absolute Gasteiger partial charge is 0.211 e. The van der Waals surface area contributed by atoms with Crippen molar-refractivity contribution in [2.75, 3.05) is 19.3 Å². The molecular formula is C12H20N2O3S. The molecule has 18 heavy (non-hydrogen) atoms. The Hall–Kier alpha value is -0.850. The van der Waals surface area contributed by atoms with E-state index in [0.717, 1.165) is 12.2 Å². The fourth-order valence-corrected chi connectivity index (χ4v) is 3.30. The van der Waals surface area contributed by atoms with Gasteiger partial charge in [0.2, 0.25) is 10.0 Å². The number of hydrogen-bond acceptors (Lipinski definition) is 4. The van der Waals surface area contributed by atoms with Crippen molar-refractivity contribution in [3.8, 4) is 0 Å². The van der Waals surface area contributed by atoms with E-state index in [1.165, 1.54) is 6.26 Å². The number of sulfonamides is 1. The lowest BCUT2D eigenvalue weighted by atomic mass is 9.95. The first-order valence-corrected chi connectivity index (χ1v) is 8.02. The van der Waals surface area contributed by atoms with Gasteiger partial charge in [0.15, 0.2) is 0 Å². The number of rotatable bonds is 4. The minimum atomic E-state index is -3.05. The first-order chi connectivity index (χ1) is 8.47. The Kier molecular flexibility index (Phi) is 4.09. The lowest BCUT2D eigenvalue weighted by molar-refractivity contribution is 0.217. The highest BCUT2D eigenvalue weighted by Gasteiger charge is 2.30. The van der Waals surface area contributed by atoms with Crippen molar-refractivity contribution in [1.82, 2.24) is 9.62 Å². The zero-order chi connectivity index (χ0) is 13.2. The molecular weight excluding hydrogens is 252 g/mol. The zero-order valence-corrected chi connectivity index (χ0v) is 11.6. The highest BCUT2D eigenvalue weighted by Crippen LogP contribution is 2.19. The summed E-state index contributed by atoms with van der Waals surface area (Å²) < 4.78 is 29.8. The van der Waals surface area contributed by atoms with Gasteiger partial charge in [-0.1, -0.05) is 6.92 Å². The SMILES string of the molecule is C[C@@H]1CN(S(C)(=O)=O)CC[C@H]1NCc1ccco1. The van der Waals surface area contributed by atoms with Crippen LogP contribution in [0.2, 0.25) is 0 Å². The van der Waals surface area contributed by atoms with Crippen LogP contribution < -0.4 is 5.32 Å². The minimum Gasteiger partial charge on any atom is -0.468 e. The van der Waals surface area contributed by atoms with E-state index in [-0.39, 0.29) is 0 Å². The van der Waals surface area contributed by atoms with E-state index in [1.807, 2.05) is 12.1 Å². The van der Waals surface area contributed by atoms with Crippen molar-refractivity contribution in [1.29, 1.82) is 0 Å². The molecule has 1 aliphatic heterocycles. The molecule has 1 aliphatic rings. The molecule has 5 nitrogen and oxygen atoms in total. The van der Waals surface area contributed by atoms with Gasteiger partial charge < -0.3 is 9.73 Å². The first kappa shape index (κ1) is 13.6. The average Bonchev–Trinajstić information content (AvgIpc) is 2.79. The quantitative estimate of drug-likeness (QED) is 0.889. The lowest BCUT2D eigenvalue weighted by Crippen LogP contribution is -2.49. The second-order valence-corrected chi connectivity index (χ2v) is 6.94. The van der Waals surface area contributed by atoms with Crippen molar-refractivity contribution in [2.24, 2.45) is 5.92 Å². The third-order valence-corrected chi connectivity index (χ3v) is 4.73. The van der Waals surface area contributed by atoms with Gasteiger partial charge in [-0.3, -0.25) is 0 Å². The third kappa shape index (κ3) is 3.34. The minimum absolute atomic E-state index is 0.309. The second kappa shape index (κ2) is 5.42.